The monoisotopic (exact) mass is 228 g/mol. The molecule has 1 N–H and O–H groups in total. The molecule has 0 fully saturated rings. The highest BCUT2D eigenvalue weighted by Crippen LogP contribution is 2.26. The number of carbonyl (C=O) groups excluding carboxylic acids is 1. The Kier molecular flexibility index (Phi) is 2.34. The van der Waals surface area contributed by atoms with Gasteiger partial charge in [0.25, 0.3) is 6.29 Å². The summed E-state index contributed by atoms with van der Waals surface area (Å²) in [7, 11) is 0. The quantitative estimate of drug-likeness (QED) is 0.858. The zero-order chi connectivity index (χ0) is 11.8. The fourth-order valence-electron chi connectivity index (χ4n) is 1.36. The Morgan fingerprint density at radius 2 is 2.00 bits per heavy atom. The van der Waals surface area contributed by atoms with Gasteiger partial charge in [-0.2, -0.15) is 0 Å². The van der Waals surface area contributed by atoms with Crippen molar-refractivity contribution < 1.29 is 22.7 Å². The molecular weight excluding hydrogens is 223 g/mol. The van der Waals surface area contributed by atoms with Gasteiger partial charge in [-0.1, -0.05) is 0 Å². The number of halogens is 3. The number of alkyl halides is 3. The first-order valence-electron chi connectivity index (χ1n) is 4.24. The van der Waals surface area contributed by atoms with Crippen molar-refractivity contribution in [1.29, 1.82) is 0 Å². The summed E-state index contributed by atoms with van der Waals surface area (Å²) in [4.78, 5) is 13.0. The van der Waals surface area contributed by atoms with Crippen LogP contribution in [0.15, 0.2) is 24.3 Å². The van der Waals surface area contributed by atoms with E-state index < -0.39 is 6.36 Å². The molecule has 0 saturated carbocycles. The van der Waals surface area contributed by atoms with Gasteiger partial charge in [-0.25, -0.2) is 0 Å². The molecule has 0 saturated heterocycles. The minimum atomic E-state index is -4.72. The van der Waals surface area contributed by atoms with E-state index in [1.54, 1.807) is 6.29 Å². The second kappa shape index (κ2) is 3.55. The van der Waals surface area contributed by atoms with Crippen LogP contribution in [0.25, 0.3) is 10.9 Å². The van der Waals surface area contributed by atoms with Crippen LogP contribution in [0, 0.1) is 0 Å². The number of aromatic amines is 1. The number of aromatic nitrogens is 1. The summed E-state index contributed by atoms with van der Waals surface area (Å²) in [5, 5.41) is 0.458. The summed E-state index contributed by atoms with van der Waals surface area (Å²) in [5.41, 5.74) is 0.729. The second-order valence-electron chi connectivity index (χ2n) is 3.08. The van der Waals surface area contributed by atoms with E-state index in [0.717, 1.165) is 0 Å². The van der Waals surface area contributed by atoms with Crippen molar-refractivity contribution in [2.24, 2.45) is 0 Å². The molecule has 1 radical (unpaired) electrons. The lowest BCUT2D eigenvalue weighted by atomic mass is 10.2. The van der Waals surface area contributed by atoms with E-state index in [2.05, 4.69) is 9.72 Å². The fraction of sp³-hybridized carbons (Fsp3) is 0.100. The lowest BCUT2D eigenvalue weighted by molar-refractivity contribution is -0.274. The predicted molar refractivity (Wildman–Crippen MR) is 49.8 cm³/mol. The molecule has 83 valence electrons. The van der Waals surface area contributed by atoms with Gasteiger partial charge < -0.3 is 9.72 Å². The number of fused-ring (bicyclic) bond motifs is 1. The Bertz CT molecular complexity index is 530. The first kappa shape index (κ1) is 10.5. The van der Waals surface area contributed by atoms with Crippen molar-refractivity contribution in [3.8, 4) is 5.75 Å². The largest absolute Gasteiger partial charge is 0.573 e. The molecule has 0 aliphatic rings. The lowest BCUT2D eigenvalue weighted by Gasteiger charge is -2.08. The Hall–Kier alpha value is -1.98. The first-order chi connectivity index (χ1) is 7.48. The third-order valence-corrected chi connectivity index (χ3v) is 1.94. The van der Waals surface area contributed by atoms with Crippen molar-refractivity contribution >= 4 is 17.2 Å². The van der Waals surface area contributed by atoms with Gasteiger partial charge >= 0.3 is 6.36 Å². The Morgan fingerprint density at radius 3 is 2.62 bits per heavy atom. The zero-order valence-corrected chi connectivity index (χ0v) is 7.76. The lowest BCUT2D eigenvalue weighted by Crippen LogP contribution is -2.16. The minimum absolute atomic E-state index is 0.180. The molecule has 3 nitrogen and oxygen atoms in total. The first-order valence-corrected chi connectivity index (χ1v) is 4.24. The third kappa shape index (κ3) is 2.16. The van der Waals surface area contributed by atoms with E-state index in [1.165, 1.54) is 24.3 Å². The smallest absolute Gasteiger partial charge is 0.406 e. The molecule has 16 heavy (non-hydrogen) atoms. The molecule has 0 aliphatic heterocycles. The molecule has 2 aromatic rings. The number of nitrogens with one attached hydrogen (secondary N) is 1. The molecule has 0 aliphatic carbocycles. The molecule has 0 atom stereocenters. The van der Waals surface area contributed by atoms with Crippen molar-refractivity contribution in [2.45, 2.75) is 6.36 Å². The van der Waals surface area contributed by atoms with Gasteiger partial charge in [0.05, 0.1) is 5.69 Å². The molecule has 6 heteroatoms. The molecule has 0 bridgehead atoms. The molecular formula is C10H5F3NO2. The van der Waals surface area contributed by atoms with Crippen molar-refractivity contribution in [3.63, 3.8) is 0 Å². The van der Waals surface area contributed by atoms with Crippen LogP contribution in [0.1, 0.15) is 5.69 Å². The summed E-state index contributed by atoms with van der Waals surface area (Å²) in [6.45, 7) is 0. The Morgan fingerprint density at radius 1 is 1.25 bits per heavy atom. The molecule has 1 aromatic carbocycles. The standard InChI is InChI=1S/C10H5F3NO2/c11-10(12,13)16-8-1-2-9-6(4-8)3-7(5-15)14-9/h1-4,14H. The average Bonchev–Trinajstić information content (AvgIpc) is 2.57. The normalized spacial score (nSPS) is 11.7. The highest BCUT2D eigenvalue weighted by Gasteiger charge is 2.31. The maximum atomic E-state index is 11.9. The van der Waals surface area contributed by atoms with Gasteiger partial charge in [-0.05, 0) is 24.3 Å². The number of H-pyrrole nitrogens is 1. The molecule has 2 rings (SSSR count). The van der Waals surface area contributed by atoms with Crippen molar-refractivity contribution in [3.05, 3.63) is 30.0 Å². The van der Waals surface area contributed by atoms with Crippen LogP contribution in [-0.4, -0.2) is 17.6 Å². The van der Waals surface area contributed by atoms with Gasteiger partial charge in [0.1, 0.15) is 5.75 Å². The summed E-state index contributed by atoms with van der Waals surface area (Å²) in [6, 6.07) is 5.16. The molecule has 0 spiro atoms. The molecule has 1 aromatic heterocycles. The summed E-state index contributed by atoms with van der Waals surface area (Å²) >= 11 is 0. The fourth-order valence-corrected chi connectivity index (χ4v) is 1.36. The highest BCUT2D eigenvalue weighted by molar-refractivity contribution is 5.88. The van der Waals surface area contributed by atoms with Crippen LogP contribution < -0.4 is 4.74 Å². The average molecular weight is 228 g/mol. The van der Waals surface area contributed by atoms with E-state index in [9.17, 15) is 18.0 Å². The van der Waals surface area contributed by atoms with E-state index in [-0.39, 0.29) is 11.4 Å². The Balaban J connectivity index is 2.39. The van der Waals surface area contributed by atoms with Gasteiger partial charge in [0, 0.05) is 10.9 Å². The van der Waals surface area contributed by atoms with Gasteiger partial charge in [0.15, 0.2) is 0 Å². The topological polar surface area (TPSA) is 42.1 Å². The SMILES string of the molecule is O=[C]c1cc2cc(OC(F)(F)F)ccc2[nH]1. The van der Waals surface area contributed by atoms with Gasteiger partial charge in [-0.15, -0.1) is 13.2 Å². The van der Waals surface area contributed by atoms with Gasteiger partial charge in [-0.3, -0.25) is 4.79 Å². The number of rotatable bonds is 2. The van der Waals surface area contributed by atoms with Gasteiger partial charge in [0.2, 0.25) is 0 Å². The zero-order valence-electron chi connectivity index (χ0n) is 7.76. The van der Waals surface area contributed by atoms with E-state index in [0.29, 0.717) is 10.9 Å². The van der Waals surface area contributed by atoms with Crippen LogP contribution in [-0.2, 0) is 4.79 Å². The van der Waals surface area contributed by atoms with Crippen molar-refractivity contribution in [2.75, 3.05) is 0 Å². The molecule has 0 amide bonds. The maximum absolute atomic E-state index is 11.9. The van der Waals surface area contributed by atoms with E-state index in [1.807, 2.05) is 0 Å². The second-order valence-corrected chi connectivity index (χ2v) is 3.08. The van der Waals surface area contributed by atoms with Crippen LogP contribution >= 0.6 is 0 Å². The minimum Gasteiger partial charge on any atom is -0.406 e. The predicted octanol–water partition coefficient (Wildman–Crippen LogP) is 2.52. The van der Waals surface area contributed by atoms with Crippen LogP contribution in [0.4, 0.5) is 13.2 Å². The third-order valence-electron chi connectivity index (χ3n) is 1.94. The summed E-state index contributed by atoms with van der Waals surface area (Å²) in [5.74, 6) is -0.323. The molecule has 0 unspecified atom stereocenters. The van der Waals surface area contributed by atoms with Crippen molar-refractivity contribution in [1.82, 2.24) is 4.98 Å². The highest BCUT2D eigenvalue weighted by atomic mass is 19.4. The number of hydrogen-bond acceptors (Lipinski definition) is 2. The number of ether oxygens (including phenoxy) is 1. The molecule has 1 heterocycles. The summed E-state index contributed by atoms with van der Waals surface area (Å²) in [6.07, 6.45) is -3.10. The van der Waals surface area contributed by atoms with Crippen LogP contribution in [0.3, 0.4) is 0 Å². The Labute approximate surface area is 87.8 Å². The summed E-state index contributed by atoms with van der Waals surface area (Å²) < 4.78 is 39.5. The van der Waals surface area contributed by atoms with E-state index >= 15 is 0 Å². The number of benzene rings is 1. The van der Waals surface area contributed by atoms with Crippen LogP contribution in [0.2, 0.25) is 0 Å². The van der Waals surface area contributed by atoms with Crippen LogP contribution in [0.5, 0.6) is 5.75 Å². The number of hydrogen-bond donors (Lipinski definition) is 1. The maximum Gasteiger partial charge on any atom is 0.573 e. The van der Waals surface area contributed by atoms with E-state index in [4.69, 9.17) is 0 Å².